The Balaban J connectivity index is 0.00000316. The van der Waals surface area contributed by atoms with Gasteiger partial charge in [0, 0.05) is 23.9 Å². The second-order valence-electron chi connectivity index (χ2n) is 10.1. The van der Waals surface area contributed by atoms with E-state index in [4.69, 9.17) is 5.41 Å². The molecule has 43 heavy (non-hydrogen) atoms. The predicted molar refractivity (Wildman–Crippen MR) is 157 cm³/mol. The Morgan fingerprint density at radius 1 is 1.02 bits per heavy atom. The summed E-state index contributed by atoms with van der Waals surface area (Å²) in [5, 5.41) is 7.87. The summed E-state index contributed by atoms with van der Waals surface area (Å²) >= 11 is 0. The van der Waals surface area contributed by atoms with Gasteiger partial charge >= 0.3 is 6.11 Å². The van der Waals surface area contributed by atoms with Gasteiger partial charge in [-0.15, -0.1) is 19.4 Å². The zero-order valence-electron chi connectivity index (χ0n) is 23.8. The van der Waals surface area contributed by atoms with Crippen LogP contribution in [0.4, 0.5) is 30.7 Å². The molecule has 2 nitrogen and oxygen atoms in total. The smallest absolute Gasteiger partial charge is 0.404 e. The Bertz CT molecular complexity index is 1360. The molecule has 0 aromatic heterocycles. The number of terminal acetylenes is 1. The molecule has 9 heteroatoms. The number of ether oxygens (including phenoxy) is 1. The number of hydrogen-bond acceptors (Lipinski definition) is 2. The summed E-state index contributed by atoms with van der Waals surface area (Å²) in [5.41, 5.74) is 1.25. The SMILES string of the molecule is C#C.C=CCCC1CCC(/C(C=N)=C/c2ccc(C(/C=C(/F)CC(F)(F)Oc3cc(F)c(F)c(F)c3)=C/C)c(F)c2)CC1. The quantitative estimate of drug-likeness (QED) is 0.0641. The molecule has 0 aliphatic heterocycles. The number of rotatable bonds is 12. The third-order valence-corrected chi connectivity index (χ3v) is 7.12. The van der Waals surface area contributed by atoms with Crippen molar-refractivity contribution in [3.05, 3.63) is 101 Å². The number of allylic oxidation sites excluding steroid dienone is 5. The molecule has 230 valence electrons. The fraction of sp³-hybridized carbons (Fsp3) is 0.324. The van der Waals surface area contributed by atoms with Gasteiger partial charge in [-0.3, -0.25) is 0 Å². The van der Waals surface area contributed by atoms with Gasteiger partial charge in [-0.05, 0) is 92.2 Å². The van der Waals surface area contributed by atoms with E-state index in [2.05, 4.69) is 24.2 Å². The van der Waals surface area contributed by atoms with Crippen molar-refractivity contribution in [1.29, 1.82) is 5.41 Å². The summed E-state index contributed by atoms with van der Waals surface area (Å²) in [7, 11) is 0. The lowest BCUT2D eigenvalue weighted by Gasteiger charge is -2.29. The van der Waals surface area contributed by atoms with E-state index in [-0.39, 0.29) is 29.2 Å². The Labute approximate surface area is 248 Å². The lowest BCUT2D eigenvalue weighted by atomic mass is 9.77. The topological polar surface area (TPSA) is 33.1 Å². The van der Waals surface area contributed by atoms with Crippen molar-refractivity contribution in [2.75, 3.05) is 0 Å². The van der Waals surface area contributed by atoms with Crippen LogP contribution in [0.3, 0.4) is 0 Å². The minimum Gasteiger partial charge on any atom is -0.432 e. The summed E-state index contributed by atoms with van der Waals surface area (Å²) in [6.07, 6.45) is 15.2. The summed E-state index contributed by atoms with van der Waals surface area (Å²) in [5.74, 6) is -7.62. The molecule has 0 spiro atoms. The monoisotopic (exact) mass is 605 g/mol. The molecule has 3 rings (SSSR count). The average Bonchev–Trinajstić information content (AvgIpc) is 2.97. The van der Waals surface area contributed by atoms with Gasteiger partial charge in [0.1, 0.15) is 23.8 Å². The Morgan fingerprint density at radius 3 is 2.19 bits per heavy atom. The molecule has 1 N–H and O–H groups in total. The molecule has 0 radical (unpaired) electrons. The van der Waals surface area contributed by atoms with Gasteiger partial charge in [-0.25, -0.2) is 22.0 Å². The third kappa shape index (κ3) is 10.3. The van der Waals surface area contributed by atoms with Crippen LogP contribution in [-0.4, -0.2) is 12.3 Å². The van der Waals surface area contributed by atoms with E-state index in [9.17, 15) is 26.3 Å². The number of benzene rings is 2. The molecule has 0 bridgehead atoms. The first-order valence-corrected chi connectivity index (χ1v) is 13.7. The van der Waals surface area contributed by atoms with Crippen LogP contribution in [0.1, 0.15) is 63.0 Å². The summed E-state index contributed by atoms with van der Waals surface area (Å²) in [6, 6.07) is 4.67. The molecule has 2 aromatic rings. The zero-order valence-corrected chi connectivity index (χ0v) is 23.8. The van der Waals surface area contributed by atoms with Gasteiger partial charge in [-0.2, -0.15) is 8.78 Å². The first kappa shape index (κ1) is 35.1. The first-order chi connectivity index (χ1) is 20.5. The van der Waals surface area contributed by atoms with Crippen molar-refractivity contribution in [2.45, 2.75) is 58.0 Å². The van der Waals surface area contributed by atoms with Crippen LogP contribution in [0.25, 0.3) is 11.6 Å². The maximum atomic E-state index is 15.1. The van der Waals surface area contributed by atoms with Crippen LogP contribution in [0.5, 0.6) is 5.75 Å². The lowest BCUT2D eigenvalue weighted by Crippen LogP contribution is -2.25. The molecule has 0 atom stereocenters. The van der Waals surface area contributed by atoms with E-state index < -0.39 is 47.4 Å². The van der Waals surface area contributed by atoms with Gasteiger partial charge in [0.05, 0.1) is 0 Å². The molecule has 0 heterocycles. The molecule has 1 fully saturated rings. The van der Waals surface area contributed by atoms with E-state index in [1.165, 1.54) is 31.3 Å². The molecule has 1 aliphatic rings. The van der Waals surface area contributed by atoms with E-state index in [1.54, 1.807) is 12.1 Å². The molecule has 1 saturated carbocycles. The van der Waals surface area contributed by atoms with Crippen LogP contribution in [0.15, 0.2) is 66.5 Å². The highest BCUT2D eigenvalue weighted by molar-refractivity contribution is 5.84. The van der Waals surface area contributed by atoms with Crippen molar-refractivity contribution >= 4 is 17.9 Å². The molecule has 1 aliphatic carbocycles. The van der Waals surface area contributed by atoms with Gasteiger partial charge in [0.15, 0.2) is 17.5 Å². The van der Waals surface area contributed by atoms with Crippen molar-refractivity contribution in [3.8, 4) is 18.6 Å². The third-order valence-electron chi connectivity index (χ3n) is 7.12. The van der Waals surface area contributed by atoms with Gasteiger partial charge < -0.3 is 10.1 Å². The Kier molecular flexibility index (Phi) is 13.5. The number of halogens is 7. The summed E-state index contributed by atoms with van der Waals surface area (Å²) < 4.78 is 102. The van der Waals surface area contributed by atoms with Gasteiger partial charge in [0.25, 0.3) is 0 Å². The summed E-state index contributed by atoms with van der Waals surface area (Å²) in [6.45, 7) is 5.24. The first-order valence-electron chi connectivity index (χ1n) is 13.7. The largest absolute Gasteiger partial charge is 0.432 e. The summed E-state index contributed by atoms with van der Waals surface area (Å²) in [4.78, 5) is 0. The Hall–Kier alpha value is -4.06. The molecular weight excluding hydrogens is 571 g/mol. The van der Waals surface area contributed by atoms with Crippen LogP contribution in [0.2, 0.25) is 0 Å². The highest BCUT2D eigenvalue weighted by Gasteiger charge is 2.34. The van der Waals surface area contributed by atoms with Crippen LogP contribution in [0, 0.1) is 53.4 Å². The average molecular weight is 606 g/mol. The van der Waals surface area contributed by atoms with Crippen LogP contribution < -0.4 is 4.74 Å². The van der Waals surface area contributed by atoms with Crippen molar-refractivity contribution < 1.29 is 35.5 Å². The zero-order chi connectivity index (χ0) is 32.2. The normalized spacial score (nSPS) is 18.0. The number of nitrogens with one attached hydrogen (secondary N) is 1. The van der Waals surface area contributed by atoms with E-state index >= 15 is 4.39 Å². The lowest BCUT2D eigenvalue weighted by molar-refractivity contribution is -0.176. The van der Waals surface area contributed by atoms with E-state index in [0.717, 1.165) is 44.1 Å². The van der Waals surface area contributed by atoms with Crippen LogP contribution in [-0.2, 0) is 0 Å². The Morgan fingerprint density at radius 2 is 1.65 bits per heavy atom. The molecule has 0 amide bonds. The van der Waals surface area contributed by atoms with E-state index in [1.807, 2.05) is 6.08 Å². The molecule has 2 aromatic carbocycles. The van der Waals surface area contributed by atoms with Crippen molar-refractivity contribution in [3.63, 3.8) is 0 Å². The number of hydrogen-bond donors (Lipinski definition) is 1. The predicted octanol–water partition coefficient (Wildman–Crippen LogP) is 10.6. The van der Waals surface area contributed by atoms with Crippen molar-refractivity contribution in [1.82, 2.24) is 0 Å². The van der Waals surface area contributed by atoms with E-state index in [0.29, 0.717) is 17.6 Å². The van der Waals surface area contributed by atoms with Gasteiger partial charge in [0.2, 0.25) is 0 Å². The van der Waals surface area contributed by atoms with Gasteiger partial charge in [-0.1, -0.05) is 24.3 Å². The standard InChI is InChI=1S/C32H32F7NO.C2H2/c1-3-5-6-20-7-10-23(11-8-20)24(19-40)13-21-9-12-27(28(34)14-21)22(4-2)15-25(33)18-32(38,39)41-26-16-29(35)31(37)30(36)17-26;1-2/h3-4,9,12-17,19-20,23,40H,1,5-8,10-11,18H2,2H3;1-2H/b22-4+,24-13+,25-15+,40-19?;. The second kappa shape index (κ2) is 16.5. The highest BCUT2D eigenvalue weighted by atomic mass is 19.3. The minimum atomic E-state index is -4.24. The fourth-order valence-corrected chi connectivity index (χ4v) is 5.00. The maximum Gasteiger partial charge on any atom is 0.404 e. The van der Waals surface area contributed by atoms with Crippen LogP contribution >= 0.6 is 0 Å². The minimum absolute atomic E-state index is 0.0182. The fourth-order valence-electron chi connectivity index (χ4n) is 5.00. The molecule has 0 saturated heterocycles. The highest BCUT2D eigenvalue weighted by Crippen LogP contribution is 2.36. The molecule has 0 unspecified atom stereocenters. The maximum absolute atomic E-state index is 15.1. The van der Waals surface area contributed by atoms with Crippen molar-refractivity contribution in [2.24, 2.45) is 11.8 Å². The number of alkyl halides is 2. The molecular formula is C34H34F7NO. The second-order valence-corrected chi connectivity index (χ2v) is 10.1.